The Bertz CT molecular complexity index is 579. The fourth-order valence-corrected chi connectivity index (χ4v) is 2.84. The molecule has 0 radical (unpaired) electrons. The summed E-state index contributed by atoms with van der Waals surface area (Å²) in [7, 11) is 1.74. The number of rotatable bonds is 4. The van der Waals surface area contributed by atoms with Crippen LogP contribution in [0.25, 0.3) is 11.4 Å². The first-order chi connectivity index (χ1) is 9.85. The van der Waals surface area contributed by atoms with Crippen LogP contribution >= 0.6 is 0 Å². The van der Waals surface area contributed by atoms with Crippen molar-refractivity contribution in [2.24, 2.45) is 0 Å². The zero-order chi connectivity index (χ0) is 13.9. The van der Waals surface area contributed by atoms with Crippen LogP contribution in [0.1, 0.15) is 18.5 Å². The van der Waals surface area contributed by atoms with Crippen molar-refractivity contribution in [1.29, 1.82) is 0 Å². The molecule has 3 rings (SSSR count). The Morgan fingerprint density at radius 3 is 3.00 bits per heavy atom. The van der Waals surface area contributed by atoms with Crippen molar-refractivity contribution >= 4 is 0 Å². The summed E-state index contributed by atoms with van der Waals surface area (Å²) < 4.78 is 13.3. The molecule has 1 aromatic carbocycles. The Balaban J connectivity index is 2.02. The molecule has 0 unspecified atom stereocenters. The van der Waals surface area contributed by atoms with Gasteiger partial charge in [0.1, 0.15) is 11.9 Å². The Morgan fingerprint density at radius 1 is 1.35 bits per heavy atom. The average Bonchev–Trinajstić information content (AvgIpc) is 3.14. The Hall–Kier alpha value is -1.65. The van der Waals surface area contributed by atoms with E-state index in [1.54, 1.807) is 7.11 Å². The molecule has 4 nitrogen and oxygen atoms in total. The van der Waals surface area contributed by atoms with Gasteiger partial charge in [-0.3, -0.25) is 0 Å². The van der Waals surface area contributed by atoms with E-state index in [0.717, 1.165) is 12.2 Å². The molecule has 0 spiro atoms. The average molecular weight is 272 g/mol. The van der Waals surface area contributed by atoms with Crippen LogP contribution in [0.2, 0.25) is 0 Å². The van der Waals surface area contributed by atoms with E-state index >= 15 is 0 Å². The van der Waals surface area contributed by atoms with Crippen LogP contribution in [-0.2, 0) is 15.9 Å². The van der Waals surface area contributed by atoms with Gasteiger partial charge in [-0.1, -0.05) is 31.2 Å². The first-order valence-electron chi connectivity index (χ1n) is 7.06. The summed E-state index contributed by atoms with van der Waals surface area (Å²) in [5, 5.41) is 0. The molecule has 1 aliphatic heterocycles. The lowest BCUT2D eigenvalue weighted by molar-refractivity contribution is 0.0688. The Labute approximate surface area is 119 Å². The SMILES string of the molecule is CCc1ccccc1-c1nccn1[C@H]1COC[C@@H]1OC. The molecule has 2 atom stereocenters. The Morgan fingerprint density at radius 2 is 2.20 bits per heavy atom. The number of hydrogen-bond donors (Lipinski definition) is 0. The van der Waals surface area contributed by atoms with E-state index in [-0.39, 0.29) is 12.1 Å². The third-order valence-electron chi connectivity index (χ3n) is 3.97. The quantitative estimate of drug-likeness (QED) is 0.858. The van der Waals surface area contributed by atoms with Gasteiger partial charge in [-0.2, -0.15) is 0 Å². The highest BCUT2D eigenvalue weighted by molar-refractivity contribution is 5.61. The maximum atomic E-state index is 5.56. The zero-order valence-electron chi connectivity index (χ0n) is 12.0. The number of aromatic nitrogens is 2. The van der Waals surface area contributed by atoms with Crippen molar-refractivity contribution < 1.29 is 9.47 Å². The van der Waals surface area contributed by atoms with Gasteiger partial charge in [0.05, 0.1) is 19.3 Å². The lowest BCUT2D eigenvalue weighted by Crippen LogP contribution is -2.24. The van der Waals surface area contributed by atoms with Crippen LogP contribution in [-0.4, -0.2) is 36.0 Å². The van der Waals surface area contributed by atoms with Crippen molar-refractivity contribution in [1.82, 2.24) is 9.55 Å². The summed E-state index contributed by atoms with van der Waals surface area (Å²) in [5.74, 6) is 1.00. The van der Waals surface area contributed by atoms with Gasteiger partial charge in [0.2, 0.25) is 0 Å². The predicted molar refractivity (Wildman–Crippen MR) is 77.7 cm³/mol. The minimum atomic E-state index is 0.0942. The highest BCUT2D eigenvalue weighted by Gasteiger charge is 2.31. The molecule has 0 saturated carbocycles. The summed E-state index contributed by atoms with van der Waals surface area (Å²) >= 11 is 0. The molecule has 2 aromatic rings. The minimum absolute atomic E-state index is 0.0942. The van der Waals surface area contributed by atoms with E-state index in [9.17, 15) is 0 Å². The lowest BCUT2D eigenvalue weighted by Gasteiger charge is -2.20. The highest BCUT2D eigenvalue weighted by atomic mass is 16.5. The van der Waals surface area contributed by atoms with E-state index in [4.69, 9.17) is 9.47 Å². The number of ether oxygens (including phenoxy) is 2. The van der Waals surface area contributed by atoms with E-state index in [0.29, 0.717) is 13.2 Å². The molecule has 1 saturated heterocycles. The molecule has 20 heavy (non-hydrogen) atoms. The van der Waals surface area contributed by atoms with Gasteiger partial charge in [0.25, 0.3) is 0 Å². The third-order valence-corrected chi connectivity index (χ3v) is 3.97. The molecular formula is C16H20N2O2. The fraction of sp³-hybridized carbons (Fsp3) is 0.438. The molecule has 1 aliphatic rings. The third kappa shape index (κ3) is 2.25. The van der Waals surface area contributed by atoms with E-state index in [2.05, 4.69) is 40.7 Å². The normalized spacial score (nSPS) is 22.3. The molecule has 1 aromatic heterocycles. The second-order valence-corrected chi connectivity index (χ2v) is 5.05. The number of nitrogens with zero attached hydrogens (tertiary/aromatic N) is 2. The van der Waals surface area contributed by atoms with Crippen molar-refractivity contribution in [3.8, 4) is 11.4 Å². The predicted octanol–water partition coefficient (Wildman–Crippen LogP) is 2.70. The standard InChI is InChI=1S/C16H20N2O2/c1-3-12-6-4-5-7-13(12)16-17-8-9-18(16)14-10-20-11-15(14)19-2/h4-9,14-15H,3,10-11H2,1-2H3/t14-,15-/m0/s1. The van der Waals surface area contributed by atoms with E-state index in [1.165, 1.54) is 11.1 Å². The van der Waals surface area contributed by atoms with Crippen LogP contribution in [0.4, 0.5) is 0 Å². The van der Waals surface area contributed by atoms with E-state index < -0.39 is 0 Å². The summed E-state index contributed by atoms with van der Waals surface area (Å²) in [5.41, 5.74) is 2.51. The molecule has 0 aliphatic carbocycles. The monoisotopic (exact) mass is 272 g/mol. The Kier molecular flexibility index (Phi) is 3.85. The van der Waals surface area contributed by atoms with E-state index in [1.807, 2.05) is 12.4 Å². The van der Waals surface area contributed by atoms with Crippen LogP contribution < -0.4 is 0 Å². The molecule has 0 amide bonds. The number of imidazole rings is 1. The van der Waals surface area contributed by atoms with Crippen molar-refractivity contribution in [2.75, 3.05) is 20.3 Å². The minimum Gasteiger partial charge on any atom is -0.377 e. The van der Waals surface area contributed by atoms with Gasteiger partial charge >= 0.3 is 0 Å². The molecule has 106 valence electrons. The van der Waals surface area contributed by atoms with Crippen LogP contribution in [0.15, 0.2) is 36.7 Å². The number of hydrogen-bond acceptors (Lipinski definition) is 3. The smallest absolute Gasteiger partial charge is 0.140 e. The second-order valence-electron chi connectivity index (χ2n) is 5.05. The van der Waals surface area contributed by atoms with Crippen LogP contribution in [0, 0.1) is 0 Å². The number of benzene rings is 1. The maximum Gasteiger partial charge on any atom is 0.140 e. The first-order valence-corrected chi connectivity index (χ1v) is 7.06. The molecule has 0 bridgehead atoms. The largest absolute Gasteiger partial charge is 0.377 e. The van der Waals surface area contributed by atoms with Gasteiger partial charge in [-0.25, -0.2) is 4.98 Å². The van der Waals surface area contributed by atoms with Gasteiger partial charge in [-0.05, 0) is 12.0 Å². The first kappa shape index (κ1) is 13.3. The van der Waals surface area contributed by atoms with Gasteiger partial charge < -0.3 is 14.0 Å². The summed E-state index contributed by atoms with van der Waals surface area (Å²) in [6.07, 6.45) is 4.97. The van der Waals surface area contributed by atoms with Crippen molar-refractivity contribution in [2.45, 2.75) is 25.5 Å². The molecule has 0 N–H and O–H groups in total. The molecule has 2 heterocycles. The van der Waals surface area contributed by atoms with Gasteiger partial charge in [-0.15, -0.1) is 0 Å². The number of aryl methyl sites for hydroxylation is 1. The van der Waals surface area contributed by atoms with Crippen LogP contribution in [0.5, 0.6) is 0 Å². The second kappa shape index (κ2) is 5.77. The lowest BCUT2D eigenvalue weighted by atomic mass is 10.0. The molecule has 1 fully saturated rings. The summed E-state index contributed by atoms with van der Waals surface area (Å²) in [4.78, 5) is 4.56. The maximum absolute atomic E-state index is 5.56. The zero-order valence-corrected chi connectivity index (χ0v) is 12.0. The van der Waals surface area contributed by atoms with Crippen molar-refractivity contribution in [3.63, 3.8) is 0 Å². The van der Waals surface area contributed by atoms with Gasteiger partial charge in [0, 0.05) is 25.1 Å². The van der Waals surface area contributed by atoms with Crippen molar-refractivity contribution in [3.05, 3.63) is 42.2 Å². The van der Waals surface area contributed by atoms with Crippen LogP contribution in [0.3, 0.4) is 0 Å². The molecule has 4 heteroatoms. The summed E-state index contributed by atoms with van der Waals surface area (Å²) in [6.45, 7) is 3.49. The highest BCUT2D eigenvalue weighted by Crippen LogP contribution is 2.29. The topological polar surface area (TPSA) is 36.3 Å². The molecular weight excluding hydrogens is 252 g/mol. The summed E-state index contributed by atoms with van der Waals surface area (Å²) in [6, 6.07) is 8.63. The van der Waals surface area contributed by atoms with Gasteiger partial charge in [0.15, 0.2) is 0 Å². The fourth-order valence-electron chi connectivity index (χ4n) is 2.84. The number of methoxy groups -OCH3 is 1.